The van der Waals surface area contributed by atoms with Crippen molar-refractivity contribution < 1.29 is 9.53 Å². The van der Waals surface area contributed by atoms with E-state index in [2.05, 4.69) is 20.9 Å². The van der Waals surface area contributed by atoms with Crippen molar-refractivity contribution in [1.29, 1.82) is 0 Å². The molecule has 0 saturated heterocycles. The number of carbonyl (C=O) groups is 1. The second-order valence-electron chi connectivity index (χ2n) is 6.65. The molecule has 0 saturated carbocycles. The number of allylic oxidation sites excluding steroid dienone is 1. The van der Waals surface area contributed by atoms with E-state index in [0.717, 1.165) is 15.6 Å². The van der Waals surface area contributed by atoms with Crippen molar-refractivity contribution >= 4 is 50.9 Å². The maximum absolute atomic E-state index is 13.4. The van der Waals surface area contributed by atoms with Crippen LogP contribution in [0.2, 0.25) is 5.02 Å². The summed E-state index contributed by atoms with van der Waals surface area (Å²) < 4.78 is 7.89. The minimum absolute atomic E-state index is 0.238. The molecule has 1 aliphatic heterocycles. The summed E-state index contributed by atoms with van der Waals surface area (Å²) in [5.74, 6) is -0.512. The van der Waals surface area contributed by atoms with Crippen molar-refractivity contribution in [1.82, 2.24) is 4.57 Å². The molecule has 1 unspecified atom stereocenters. The molecule has 0 aliphatic carbocycles. The number of aromatic nitrogens is 1. The molecule has 0 amide bonds. The largest absolute Gasteiger partial charge is 0.466 e. The first-order valence-corrected chi connectivity index (χ1v) is 11.0. The average molecular weight is 504 g/mol. The van der Waals surface area contributed by atoms with E-state index in [9.17, 15) is 9.59 Å². The maximum Gasteiger partial charge on any atom is 0.338 e. The summed E-state index contributed by atoms with van der Waals surface area (Å²) in [4.78, 5) is 31.1. The summed E-state index contributed by atoms with van der Waals surface area (Å²) in [6, 6.07) is 14.2. The summed E-state index contributed by atoms with van der Waals surface area (Å²) >= 11 is 11.0. The fourth-order valence-electron chi connectivity index (χ4n) is 3.42. The van der Waals surface area contributed by atoms with Gasteiger partial charge in [0.1, 0.15) is 0 Å². The van der Waals surface area contributed by atoms with Gasteiger partial charge in [0.15, 0.2) is 4.80 Å². The number of benzene rings is 2. The van der Waals surface area contributed by atoms with Crippen LogP contribution < -0.4 is 14.9 Å². The number of methoxy groups -OCH3 is 1. The maximum atomic E-state index is 13.4. The van der Waals surface area contributed by atoms with Gasteiger partial charge in [0.05, 0.1) is 29.0 Å². The van der Waals surface area contributed by atoms with Crippen LogP contribution in [0.15, 0.2) is 74.1 Å². The summed E-state index contributed by atoms with van der Waals surface area (Å²) in [5.41, 5.74) is 2.15. The first kappa shape index (κ1) is 20.8. The molecule has 2 aromatic carbocycles. The van der Waals surface area contributed by atoms with Gasteiger partial charge in [-0.05, 0) is 42.3 Å². The highest BCUT2D eigenvalue weighted by atomic mass is 79.9. The van der Waals surface area contributed by atoms with Gasteiger partial charge in [-0.2, -0.15) is 0 Å². The molecule has 0 N–H and O–H groups in total. The molecular formula is C22H16BrClN2O3S. The molecule has 1 aromatic heterocycles. The van der Waals surface area contributed by atoms with Gasteiger partial charge in [-0.3, -0.25) is 9.36 Å². The zero-order valence-corrected chi connectivity index (χ0v) is 19.2. The normalized spacial score (nSPS) is 16.3. The van der Waals surface area contributed by atoms with E-state index < -0.39 is 12.0 Å². The van der Waals surface area contributed by atoms with Gasteiger partial charge in [0.2, 0.25) is 0 Å². The Morgan fingerprint density at radius 2 is 2.03 bits per heavy atom. The van der Waals surface area contributed by atoms with Gasteiger partial charge in [0, 0.05) is 9.50 Å². The molecule has 1 atom stereocenters. The molecule has 8 heteroatoms. The highest BCUT2D eigenvalue weighted by Gasteiger charge is 2.33. The summed E-state index contributed by atoms with van der Waals surface area (Å²) in [7, 11) is 1.32. The molecule has 5 nitrogen and oxygen atoms in total. The monoisotopic (exact) mass is 502 g/mol. The number of hydrogen-bond acceptors (Lipinski definition) is 5. The van der Waals surface area contributed by atoms with Crippen molar-refractivity contribution in [2.24, 2.45) is 4.99 Å². The van der Waals surface area contributed by atoms with Crippen LogP contribution in [0.3, 0.4) is 0 Å². The zero-order chi connectivity index (χ0) is 21.4. The number of nitrogens with zero attached hydrogens (tertiary/aromatic N) is 2. The molecule has 0 radical (unpaired) electrons. The molecule has 4 rings (SSSR count). The van der Waals surface area contributed by atoms with E-state index in [0.29, 0.717) is 25.6 Å². The first-order valence-electron chi connectivity index (χ1n) is 9.01. The smallest absolute Gasteiger partial charge is 0.338 e. The quantitative estimate of drug-likeness (QED) is 0.511. The average Bonchev–Trinajstić information content (AvgIpc) is 3.03. The second-order valence-corrected chi connectivity index (χ2v) is 8.98. The summed E-state index contributed by atoms with van der Waals surface area (Å²) in [6.45, 7) is 1.75. The Balaban J connectivity index is 2.01. The van der Waals surface area contributed by atoms with Gasteiger partial charge < -0.3 is 4.74 Å². The van der Waals surface area contributed by atoms with Crippen LogP contribution in [0.25, 0.3) is 6.08 Å². The third kappa shape index (κ3) is 3.69. The van der Waals surface area contributed by atoms with E-state index in [4.69, 9.17) is 16.3 Å². The number of hydrogen-bond donors (Lipinski definition) is 0. The second kappa shape index (κ2) is 8.34. The SMILES string of the molecule is COC(=O)C1=C(C)N=c2sc(=Cc3ccccc3Cl)c(=O)n2C1c1cccc(Br)c1. The lowest BCUT2D eigenvalue weighted by Gasteiger charge is -2.24. The molecule has 0 spiro atoms. The molecule has 0 fully saturated rings. The fraction of sp³-hybridized carbons (Fsp3) is 0.136. The standard InChI is InChI=1S/C22H16BrClN2O3S/c1-12-18(21(28)29-2)19(14-7-5-8-15(23)10-14)26-20(27)17(30-22(26)25-12)11-13-6-3-4-9-16(13)24/h3-11,19H,1-2H3. The Kier molecular flexibility index (Phi) is 5.77. The number of ether oxygens (including phenoxy) is 1. The third-order valence-electron chi connectivity index (χ3n) is 4.78. The molecule has 0 bridgehead atoms. The number of esters is 1. The minimum Gasteiger partial charge on any atom is -0.466 e. The van der Waals surface area contributed by atoms with E-state index in [1.54, 1.807) is 23.6 Å². The van der Waals surface area contributed by atoms with Crippen LogP contribution in [0.4, 0.5) is 0 Å². The lowest BCUT2D eigenvalue weighted by atomic mass is 9.96. The highest BCUT2D eigenvalue weighted by Crippen LogP contribution is 2.31. The van der Waals surface area contributed by atoms with E-state index in [1.807, 2.05) is 42.5 Å². The number of fused-ring (bicyclic) bond motifs is 1. The van der Waals surface area contributed by atoms with Gasteiger partial charge >= 0.3 is 5.97 Å². The Morgan fingerprint density at radius 3 is 2.73 bits per heavy atom. The number of carbonyl (C=O) groups excluding carboxylic acids is 1. The molecule has 2 heterocycles. The Hall–Kier alpha value is -2.48. The Morgan fingerprint density at radius 1 is 1.27 bits per heavy atom. The Labute approximate surface area is 189 Å². The molecule has 3 aromatic rings. The predicted octanol–water partition coefficient (Wildman–Crippen LogP) is 3.82. The van der Waals surface area contributed by atoms with Gasteiger partial charge in [-0.25, -0.2) is 9.79 Å². The van der Waals surface area contributed by atoms with Crippen LogP contribution in [0.5, 0.6) is 0 Å². The van der Waals surface area contributed by atoms with E-state index in [-0.39, 0.29) is 5.56 Å². The third-order valence-corrected chi connectivity index (χ3v) is 6.60. The van der Waals surface area contributed by atoms with Crippen LogP contribution in [0, 0.1) is 0 Å². The lowest BCUT2D eigenvalue weighted by Crippen LogP contribution is -2.39. The van der Waals surface area contributed by atoms with Crippen LogP contribution in [-0.4, -0.2) is 17.6 Å². The number of halogens is 2. The van der Waals surface area contributed by atoms with E-state index >= 15 is 0 Å². The fourth-order valence-corrected chi connectivity index (χ4v) is 5.06. The first-order chi connectivity index (χ1) is 14.4. The predicted molar refractivity (Wildman–Crippen MR) is 121 cm³/mol. The number of rotatable bonds is 3. The van der Waals surface area contributed by atoms with Gasteiger partial charge in [-0.15, -0.1) is 0 Å². The Bertz CT molecular complexity index is 1370. The topological polar surface area (TPSA) is 60.7 Å². The lowest BCUT2D eigenvalue weighted by molar-refractivity contribution is -0.136. The molecule has 30 heavy (non-hydrogen) atoms. The minimum atomic E-state index is -0.639. The van der Waals surface area contributed by atoms with Crippen molar-refractivity contribution in [2.45, 2.75) is 13.0 Å². The highest BCUT2D eigenvalue weighted by molar-refractivity contribution is 9.10. The van der Waals surface area contributed by atoms with Crippen LogP contribution >= 0.6 is 38.9 Å². The van der Waals surface area contributed by atoms with Crippen molar-refractivity contribution in [3.63, 3.8) is 0 Å². The number of thiazole rings is 1. The van der Waals surface area contributed by atoms with Crippen molar-refractivity contribution in [3.05, 3.63) is 100 Å². The molecule has 152 valence electrons. The van der Waals surface area contributed by atoms with Crippen LogP contribution in [-0.2, 0) is 9.53 Å². The van der Waals surface area contributed by atoms with Crippen LogP contribution in [0.1, 0.15) is 24.1 Å². The van der Waals surface area contributed by atoms with E-state index in [1.165, 1.54) is 18.4 Å². The van der Waals surface area contributed by atoms with Gasteiger partial charge in [-0.1, -0.05) is 69.2 Å². The summed E-state index contributed by atoms with van der Waals surface area (Å²) in [6.07, 6.45) is 1.75. The van der Waals surface area contributed by atoms with Gasteiger partial charge in [0.25, 0.3) is 5.56 Å². The summed E-state index contributed by atoms with van der Waals surface area (Å²) in [5, 5.41) is 0.554. The zero-order valence-electron chi connectivity index (χ0n) is 16.1. The molecule has 1 aliphatic rings. The van der Waals surface area contributed by atoms with Crippen molar-refractivity contribution in [3.8, 4) is 0 Å². The molecular weight excluding hydrogens is 488 g/mol. The van der Waals surface area contributed by atoms with Crippen molar-refractivity contribution in [2.75, 3.05) is 7.11 Å².